The van der Waals surface area contributed by atoms with Gasteiger partial charge >= 0.3 is 0 Å². The van der Waals surface area contributed by atoms with Crippen LogP contribution in [0.5, 0.6) is 5.75 Å². The van der Waals surface area contributed by atoms with Crippen LogP contribution in [0.4, 0.5) is 5.69 Å². The summed E-state index contributed by atoms with van der Waals surface area (Å²) in [6.07, 6.45) is -0.197. The van der Waals surface area contributed by atoms with Gasteiger partial charge in [-0.15, -0.1) is 0 Å². The van der Waals surface area contributed by atoms with Crippen molar-refractivity contribution in [3.8, 4) is 5.75 Å². The number of anilines is 1. The van der Waals surface area contributed by atoms with Gasteiger partial charge in [-0.25, -0.2) is 8.42 Å². The van der Waals surface area contributed by atoms with Gasteiger partial charge in [0.2, 0.25) is 5.91 Å². The second kappa shape index (κ2) is 7.88. The summed E-state index contributed by atoms with van der Waals surface area (Å²) in [4.78, 5) is 12.1. The maximum Gasteiger partial charge on any atom is 0.225 e. The summed E-state index contributed by atoms with van der Waals surface area (Å²) in [5.74, 6) is -0.220. The number of benzene rings is 2. The monoisotopic (exact) mass is 387 g/mol. The first kappa shape index (κ1) is 18.6. The number of amides is 1. The second-order valence-corrected chi connectivity index (χ2v) is 7.87. The summed E-state index contributed by atoms with van der Waals surface area (Å²) in [6.45, 7) is 0. The molecule has 1 N–H and O–H groups in total. The maximum absolute atomic E-state index is 12.2. The van der Waals surface area contributed by atoms with E-state index in [4.69, 9.17) is 27.9 Å². The quantitative estimate of drug-likeness (QED) is 0.817. The van der Waals surface area contributed by atoms with Gasteiger partial charge < -0.3 is 10.1 Å². The molecule has 5 nitrogen and oxygen atoms in total. The Balaban J connectivity index is 2.00. The lowest BCUT2D eigenvalue weighted by Crippen LogP contribution is -2.17. The highest BCUT2D eigenvalue weighted by Crippen LogP contribution is 2.25. The van der Waals surface area contributed by atoms with Gasteiger partial charge in [0.05, 0.1) is 28.5 Å². The molecule has 0 saturated carbocycles. The average molecular weight is 388 g/mol. The number of carbonyl (C=O) groups excluding carboxylic acids is 1. The van der Waals surface area contributed by atoms with Crippen LogP contribution >= 0.6 is 23.2 Å². The maximum atomic E-state index is 12.2. The third kappa shape index (κ3) is 4.87. The normalized spacial score (nSPS) is 11.1. The molecule has 128 valence electrons. The molecule has 2 rings (SSSR count). The number of methoxy groups -OCH3 is 1. The van der Waals surface area contributed by atoms with Crippen LogP contribution in [0.25, 0.3) is 0 Å². The zero-order chi connectivity index (χ0) is 17.7. The summed E-state index contributed by atoms with van der Waals surface area (Å²) in [5.41, 5.74) is 0.344. The van der Waals surface area contributed by atoms with E-state index in [0.29, 0.717) is 21.5 Å². The van der Waals surface area contributed by atoms with E-state index in [1.807, 2.05) is 0 Å². The topological polar surface area (TPSA) is 72.5 Å². The first-order valence-electron chi connectivity index (χ1n) is 6.93. The fourth-order valence-corrected chi connectivity index (χ4v) is 3.51. The van der Waals surface area contributed by atoms with Crippen molar-refractivity contribution < 1.29 is 17.9 Å². The first-order valence-corrected chi connectivity index (χ1v) is 9.34. The SMILES string of the molecule is COc1ccc(S(=O)(=O)CCC(=O)Nc2cc(Cl)ccc2Cl)cc1. The Labute approximate surface area is 150 Å². The number of ether oxygens (including phenoxy) is 1. The summed E-state index contributed by atoms with van der Waals surface area (Å²) in [7, 11) is -2.07. The number of sulfone groups is 1. The molecular weight excluding hydrogens is 373 g/mol. The van der Waals surface area contributed by atoms with E-state index in [-0.39, 0.29) is 17.1 Å². The number of rotatable bonds is 6. The van der Waals surface area contributed by atoms with E-state index in [0.717, 1.165) is 0 Å². The summed E-state index contributed by atoms with van der Waals surface area (Å²) < 4.78 is 29.5. The van der Waals surface area contributed by atoms with Gasteiger partial charge in [0.15, 0.2) is 9.84 Å². The van der Waals surface area contributed by atoms with Crippen LogP contribution < -0.4 is 10.1 Å². The minimum Gasteiger partial charge on any atom is -0.497 e. The lowest BCUT2D eigenvalue weighted by atomic mass is 10.3. The standard InChI is InChI=1S/C16H15Cl2NO4S/c1-23-12-3-5-13(6-4-12)24(21,22)9-8-16(20)19-15-10-11(17)2-7-14(15)18/h2-7,10H,8-9H2,1H3,(H,19,20). The minimum absolute atomic E-state index is 0.136. The predicted octanol–water partition coefficient (Wildman–Crippen LogP) is 3.80. The predicted molar refractivity (Wildman–Crippen MR) is 94.8 cm³/mol. The van der Waals surface area contributed by atoms with Crippen molar-refractivity contribution >= 4 is 44.6 Å². The fourth-order valence-electron chi connectivity index (χ4n) is 1.93. The molecule has 0 saturated heterocycles. The van der Waals surface area contributed by atoms with Crippen LogP contribution in [-0.2, 0) is 14.6 Å². The molecule has 0 heterocycles. The van der Waals surface area contributed by atoms with Crippen molar-refractivity contribution in [2.75, 3.05) is 18.2 Å². The molecule has 0 unspecified atom stereocenters. The molecule has 2 aromatic rings. The summed E-state index contributed by atoms with van der Waals surface area (Å²) >= 11 is 11.8. The molecule has 2 aromatic carbocycles. The highest BCUT2D eigenvalue weighted by atomic mass is 35.5. The van der Waals surface area contributed by atoms with E-state index in [9.17, 15) is 13.2 Å². The second-order valence-electron chi connectivity index (χ2n) is 4.92. The number of nitrogens with one attached hydrogen (secondary N) is 1. The molecule has 0 fully saturated rings. The van der Waals surface area contributed by atoms with E-state index < -0.39 is 15.7 Å². The molecule has 0 aliphatic carbocycles. The Hall–Kier alpha value is -1.76. The van der Waals surface area contributed by atoms with Gasteiger partial charge in [0.25, 0.3) is 0 Å². The van der Waals surface area contributed by atoms with Gasteiger partial charge in [-0.1, -0.05) is 23.2 Å². The lowest BCUT2D eigenvalue weighted by Gasteiger charge is -2.08. The van der Waals surface area contributed by atoms with Crippen LogP contribution in [-0.4, -0.2) is 27.2 Å². The van der Waals surface area contributed by atoms with E-state index >= 15 is 0 Å². The van der Waals surface area contributed by atoms with Crippen LogP contribution in [0.2, 0.25) is 10.0 Å². The molecule has 0 spiro atoms. The zero-order valence-corrected chi connectivity index (χ0v) is 15.1. The number of carbonyl (C=O) groups is 1. The van der Waals surface area contributed by atoms with Crippen molar-refractivity contribution in [1.29, 1.82) is 0 Å². The molecule has 0 radical (unpaired) electrons. The van der Waals surface area contributed by atoms with Crippen molar-refractivity contribution in [2.24, 2.45) is 0 Å². The Morgan fingerprint density at radius 3 is 2.42 bits per heavy atom. The van der Waals surface area contributed by atoms with Gasteiger partial charge in [-0.05, 0) is 42.5 Å². The molecule has 0 aliphatic heterocycles. The van der Waals surface area contributed by atoms with E-state index in [2.05, 4.69) is 5.32 Å². The minimum atomic E-state index is -3.57. The molecular formula is C16H15Cl2NO4S. The first-order chi connectivity index (χ1) is 11.3. The smallest absolute Gasteiger partial charge is 0.225 e. The van der Waals surface area contributed by atoms with E-state index in [1.165, 1.54) is 25.3 Å². The lowest BCUT2D eigenvalue weighted by molar-refractivity contribution is -0.115. The Kier molecular flexibility index (Phi) is 6.10. The van der Waals surface area contributed by atoms with Crippen LogP contribution in [0.15, 0.2) is 47.4 Å². The molecule has 24 heavy (non-hydrogen) atoms. The molecule has 1 amide bonds. The Morgan fingerprint density at radius 1 is 1.12 bits per heavy atom. The molecule has 0 aromatic heterocycles. The van der Waals surface area contributed by atoms with Crippen LogP contribution in [0.3, 0.4) is 0 Å². The molecule has 0 bridgehead atoms. The van der Waals surface area contributed by atoms with Gasteiger partial charge in [0, 0.05) is 11.4 Å². The summed E-state index contributed by atoms with van der Waals surface area (Å²) in [6, 6.07) is 10.6. The number of hydrogen-bond acceptors (Lipinski definition) is 4. The van der Waals surface area contributed by atoms with Gasteiger partial charge in [-0.3, -0.25) is 4.79 Å². The van der Waals surface area contributed by atoms with Gasteiger partial charge in [-0.2, -0.15) is 0 Å². The number of hydrogen-bond donors (Lipinski definition) is 1. The van der Waals surface area contributed by atoms with Crippen LogP contribution in [0, 0.1) is 0 Å². The largest absolute Gasteiger partial charge is 0.497 e. The third-order valence-electron chi connectivity index (χ3n) is 3.22. The zero-order valence-electron chi connectivity index (χ0n) is 12.8. The van der Waals surface area contributed by atoms with Crippen molar-refractivity contribution in [2.45, 2.75) is 11.3 Å². The highest BCUT2D eigenvalue weighted by Gasteiger charge is 2.17. The van der Waals surface area contributed by atoms with Crippen molar-refractivity contribution in [3.63, 3.8) is 0 Å². The fraction of sp³-hybridized carbons (Fsp3) is 0.188. The van der Waals surface area contributed by atoms with E-state index in [1.54, 1.807) is 24.3 Å². The molecule has 0 atom stereocenters. The molecule has 8 heteroatoms. The average Bonchev–Trinajstić information content (AvgIpc) is 2.56. The number of halogens is 2. The third-order valence-corrected chi connectivity index (χ3v) is 5.52. The van der Waals surface area contributed by atoms with Gasteiger partial charge in [0.1, 0.15) is 5.75 Å². The Morgan fingerprint density at radius 2 is 1.79 bits per heavy atom. The van der Waals surface area contributed by atoms with Crippen molar-refractivity contribution in [3.05, 3.63) is 52.5 Å². The summed E-state index contributed by atoms with van der Waals surface area (Å²) in [5, 5.41) is 3.30. The highest BCUT2D eigenvalue weighted by molar-refractivity contribution is 7.91. The van der Waals surface area contributed by atoms with Crippen LogP contribution in [0.1, 0.15) is 6.42 Å². The molecule has 0 aliphatic rings. The Bertz CT molecular complexity index is 836. The van der Waals surface area contributed by atoms with Crippen molar-refractivity contribution in [1.82, 2.24) is 0 Å².